The number of fused-ring (bicyclic) bond motifs is 2. The van der Waals surface area contributed by atoms with Gasteiger partial charge in [-0.1, -0.05) is 12.1 Å². The van der Waals surface area contributed by atoms with Crippen molar-refractivity contribution >= 4 is 22.2 Å². The lowest BCUT2D eigenvalue weighted by molar-refractivity contribution is 0.112. The molecule has 1 saturated heterocycles. The smallest absolute Gasteiger partial charge is 0.258 e. The van der Waals surface area contributed by atoms with Gasteiger partial charge in [-0.2, -0.15) is 0 Å². The van der Waals surface area contributed by atoms with Crippen LogP contribution in [0.4, 0.5) is 0 Å². The van der Waals surface area contributed by atoms with E-state index in [0.29, 0.717) is 12.0 Å². The molecule has 0 radical (unpaired) electrons. The van der Waals surface area contributed by atoms with E-state index in [-0.39, 0.29) is 11.6 Å². The molecule has 1 N–H and O–H groups in total. The van der Waals surface area contributed by atoms with E-state index >= 15 is 0 Å². The Hall–Kier alpha value is -2.09. The van der Waals surface area contributed by atoms with Gasteiger partial charge in [-0.15, -0.1) is 11.3 Å². The largest absolute Gasteiger partial charge is 0.375 e. The summed E-state index contributed by atoms with van der Waals surface area (Å²) < 4.78 is 5.53. The van der Waals surface area contributed by atoms with Crippen molar-refractivity contribution < 1.29 is 4.74 Å². The first kappa shape index (κ1) is 16.1. The van der Waals surface area contributed by atoms with Gasteiger partial charge in [-0.3, -0.25) is 9.69 Å². The maximum absolute atomic E-state index is 12.4. The maximum Gasteiger partial charge on any atom is 0.258 e. The molecule has 1 fully saturated rings. The highest BCUT2D eigenvalue weighted by Gasteiger charge is 2.29. The quantitative estimate of drug-likeness (QED) is 0.770. The molecule has 0 amide bonds. The lowest BCUT2D eigenvalue weighted by Crippen LogP contribution is -2.26. The molecule has 1 aromatic carbocycles. The van der Waals surface area contributed by atoms with Crippen LogP contribution >= 0.6 is 11.3 Å². The van der Waals surface area contributed by atoms with E-state index in [9.17, 15) is 4.79 Å². The van der Waals surface area contributed by atoms with Gasteiger partial charge in [0.2, 0.25) is 0 Å². The standard InChI is InChI=1S/C19H20N4O2S/c24-19-12-4-1-2-5-13(12)21-18(22-19)15-6-3-8-23(15)10-17-20-14-7-9-25-11-16(14)26-17/h1-2,4-5,15H,3,6-11H2,(H,21,22,24). The molecular formula is C19H20N4O2S. The summed E-state index contributed by atoms with van der Waals surface area (Å²) in [6.45, 7) is 3.27. The molecular weight excluding hydrogens is 348 g/mol. The van der Waals surface area contributed by atoms with Crippen LogP contribution < -0.4 is 5.56 Å². The monoisotopic (exact) mass is 368 g/mol. The Morgan fingerprint density at radius 1 is 1.31 bits per heavy atom. The molecule has 0 bridgehead atoms. The first-order chi connectivity index (χ1) is 12.8. The van der Waals surface area contributed by atoms with E-state index in [1.807, 2.05) is 24.3 Å². The second-order valence-electron chi connectivity index (χ2n) is 6.88. The molecule has 0 aliphatic carbocycles. The van der Waals surface area contributed by atoms with E-state index in [4.69, 9.17) is 14.7 Å². The number of aromatic amines is 1. The number of aromatic nitrogens is 3. The first-order valence-corrected chi connectivity index (χ1v) is 9.88. The summed E-state index contributed by atoms with van der Waals surface area (Å²) in [6.07, 6.45) is 3.03. The summed E-state index contributed by atoms with van der Waals surface area (Å²) in [4.78, 5) is 28.6. The van der Waals surface area contributed by atoms with E-state index in [1.54, 1.807) is 11.3 Å². The summed E-state index contributed by atoms with van der Waals surface area (Å²) >= 11 is 1.75. The zero-order valence-electron chi connectivity index (χ0n) is 14.4. The van der Waals surface area contributed by atoms with Crippen molar-refractivity contribution in [1.29, 1.82) is 0 Å². The summed E-state index contributed by atoms with van der Waals surface area (Å²) in [6, 6.07) is 7.66. The van der Waals surface area contributed by atoms with Crippen LogP contribution in [0.15, 0.2) is 29.1 Å². The van der Waals surface area contributed by atoms with Crippen LogP contribution in [0.2, 0.25) is 0 Å². The van der Waals surface area contributed by atoms with Gasteiger partial charge >= 0.3 is 0 Å². The molecule has 26 heavy (non-hydrogen) atoms. The van der Waals surface area contributed by atoms with E-state index in [1.165, 1.54) is 10.6 Å². The molecule has 0 spiro atoms. The molecule has 1 atom stereocenters. The number of likely N-dealkylation sites (tertiary alicyclic amines) is 1. The topological polar surface area (TPSA) is 71.1 Å². The third-order valence-electron chi connectivity index (χ3n) is 5.19. The van der Waals surface area contributed by atoms with Gasteiger partial charge in [0.25, 0.3) is 5.56 Å². The fourth-order valence-corrected chi connectivity index (χ4v) is 4.99. The number of thiazole rings is 1. The third-order valence-corrected chi connectivity index (χ3v) is 6.24. The Kier molecular flexibility index (Phi) is 4.07. The summed E-state index contributed by atoms with van der Waals surface area (Å²) in [7, 11) is 0. The van der Waals surface area contributed by atoms with Gasteiger partial charge in [-0.25, -0.2) is 9.97 Å². The molecule has 2 aromatic heterocycles. The molecule has 134 valence electrons. The van der Waals surface area contributed by atoms with E-state index in [2.05, 4.69) is 9.88 Å². The fraction of sp³-hybridized carbons (Fsp3) is 0.421. The average Bonchev–Trinajstić information content (AvgIpc) is 3.28. The summed E-state index contributed by atoms with van der Waals surface area (Å²) in [5.74, 6) is 0.774. The minimum atomic E-state index is -0.0562. The van der Waals surface area contributed by atoms with Crippen molar-refractivity contribution in [2.75, 3.05) is 13.2 Å². The first-order valence-electron chi connectivity index (χ1n) is 9.06. The maximum atomic E-state index is 12.4. The molecule has 0 saturated carbocycles. The Morgan fingerprint density at radius 2 is 2.23 bits per heavy atom. The number of hydrogen-bond donors (Lipinski definition) is 1. The number of ether oxygens (including phenoxy) is 1. The number of H-pyrrole nitrogens is 1. The van der Waals surface area contributed by atoms with Gasteiger partial charge in [0, 0.05) is 6.42 Å². The molecule has 4 heterocycles. The van der Waals surface area contributed by atoms with E-state index in [0.717, 1.165) is 55.3 Å². The van der Waals surface area contributed by atoms with Crippen LogP contribution in [0.1, 0.15) is 40.3 Å². The lowest BCUT2D eigenvalue weighted by Gasteiger charge is -2.22. The number of para-hydroxylation sites is 1. The molecule has 1 unspecified atom stereocenters. The van der Waals surface area contributed by atoms with Crippen LogP contribution in [0, 0.1) is 0 Å². The Labute approximate surface area is 154 Å². The lowest BCUT2D eigenvalue weighted by atomic mass is 10.2. The van der Waals surface area contributed by atoms with Gasteiger partial charge in [0.05, 0.1) is 47.3 Å². The van der Waals surface area contributed by atoms with Gasteiger partial charge < -0.3 is 9.72 Å². The van der Waals surface area contributed by atoms with Crippen molar-refractivity contribution in [3.63, 3.8) is 0 Å². The van der Waals surface area contributed by atoms with Crippen LogP contribution in [0.3, 0.4) is 0 Å². The number of nitrogens with zero attached hydrogens (tertiary/aromatic N) is 3. The Balaban J connectivity index is 1.44. The zero-order valence-corrected chi connectivity index (χ0v) is 15.2. The van der Waals surface area contributed by atoms with Crippen LogP contribution in [0.5, 0.6) is 0 Å². The molecule has 2 aliphatic rings. The number of benzene rings is 1. The van der Waals surface area contributed by atoms with Crippen molar-refractivity contribution in [2.24, 2.45) is 0 Å². The van der Waals surface area contributed by atoms with Crippen molar-refractivity contribution in [3.8, 4) is 0 Å². The molecule has 7 heteroatoms. The Bertz CT molecular complexity index is 989. The predicted octanol–water partition coefficient (Wildman–Crippen LogP) is 2.79. The fourth-order valence-electron chi connectivity index (χ4n) is 3.91. The molecule has 6 nitrogen and oxygen atoms in total. The van der Waals surface area contributed by atoms with Gasteiger partial charge in [0.1, 0.15) is 10.8 Å². The molecule has 5 rings (SSSR count). The van der Waals surface area contributed by atoms with Crippen LogP contribution in [-0.4, -0.2) is 33.0 Å². The van der Waals surface area contributed by atoms with Crippen molar-refractivity contribution in [3.05, 3.63) is 56.0 Å². The molecule has 2 aliphatic heterocycles. The summed E-state index contributed by atoms with van der Waals surface area (Å²) in [5, 5.41) is 1.78. The minimum Gasteiger partial charge on any atom is -0.375 e. The normalized spacial score (nSPS) is 20.5. The second kappa shape index (κ2) is 6.57. The highest BCUT2D eigenvalue weighted by molar-refractivity contribution is 7.11. The highest BCUT2D eigenvalue weighted by Crippen LogP contribution is 2.33. The average molecular weight is 368 g/mol. The van der Waals surface area contributed by atoms with Gasteiger partial charge in [-0.05, 0) is 31.5 Å². The zero-order chi connectivity index (χ0) is 17.5. The van der Waals surface area contributed by atoms with E-state index < -0.39 is 0 Å². The number of rotatable bonds is 3. The van der Waals surface area contributed by atoms with Crippen molar-refractivity contribution in [2.45, 2.75) is 38.5 Å². The molecule has 3 aromatic rings. The predicted molar refractivity (Wildman–Crippen MR) is 100 cm³/mol. The third kappa shape index (κ3) is 2.86. The van der Waals surface area contributed by atoms with Gasteiger partial charge in [0.15, 0.2) is 0 Å². The minimum absolute atomic E-state index is 0.0562. The SMILES string of the molecule is O=c1[nH]c(C2CCCN2Cc2nc3c(s2)COCC3)nc2ccccc12. The highest BCUT2D eigenvalue weighted by atomic mass is 32.1. The summed E-state index contributed by atoms with van der Waals surface area (Å²) in [5.41, 5.74) is 1.91. The Morgan fingerprint density at radius 3 is 3.15 bits per heavy atom. The number of hydrogen-bond acceptors (Lipinski definition) is 6. The second-order valence-corrected chi connectivity index (χ2v) is 8.05. The van der Waals surface area contributed by atoms with Crippen LogP contribution in [0.25, 0.3) is 10.9 Å². The number of nitrogens with one attached hydrogen (secondary N) is 1. The van der Waals surface area contributed by atoms with Crippen molar-refractivity contribution in [1.82, 2.24) is 19.9 Å². The van der Waals surface area contributed by atoms with Crippen LogP contribution in [-0.2, 0) is 24.3 Å².